The summed E-state index contributed by atoms with van der Waals surface area (Å²) in [7, 11) is 2.04. The molecule has 0 saturated carbocycles. The van der Waals surface area contributed by atoms with E-state index in [1.165, 1.54) is 11.8 Å². The molecule has 2 rings (SSSR count). The quantitative estimate of drug-likeness (QED) is 0.480. The fraction of sp³-hybridized carbons (Fsp3) is 0.250. The molecule has 0 atom stereocenters. The Bertz CT molecular complexity index is 587. The molecular weight excluding hydrogens is 266 g/mol. The van der Waals surface area contributed by atoms with Crippen LogP contribution in [0.3, 0.4) is 0 Å². The first kappa shape index (κ1) is 14.8. The summed E-state index contributed by atoms with van der Waals surface area (Å²) >= 11 is 0. The highest BCUT2D eigenvalue weighted by molar-refractivity contribution is 5.61. The maximum absolute atomic E-state index is 10.9. The van der Waals surface area contributed by atoms with Crippen molar-refractivity contribution in [3.05, 3.63) is 64.7 Å². The molecule has 0 spiro atoms. The van der Waals surface area contributed by atoms with E-state index in [-0.39, 0.29) is 10.6 Å². The molecule has 110 valence electrons. The molecule has 0 heterocycles. The van der Waals surface area contributed by atoms with Crippen LogP contribution in [0.15, 0.2) is 54.6 Å². The molecule has 0 unspecified atom stereocenters. The molecule has 2 aromatic rings. The maximum atomic E-state index is 10.9. The molecule has 2 aromatic carbocycles. The standard InChI is InChI=1S/C16H19N3O2/c1-18(14-8-3-2-4-9-14)13-7-12-17-15-10-5-6-11-16(15)19(20)21/h2-6,8-11,17H,7,12-13H2,1H3. The maximum Gasteiger partial charge on any atom is 0.292 e. The predicted molar refractivity (Wildman–Crippen MR) is 85.9 cm³/mol. The average Bonchev–Trinajstić information content (AvgIpc) is 2.52. The lowest BCUT2D eigenvalue weighted by molar-refractivity contribution is -0.384. The summed E-state index contributed by atoms with van der Waals surface area (Å²) in [6.07, 6.45) is 0.900. The highest BCUT2D eigenvalue weighted by Crippen LogP contribution is 2.22. The van der Waals surface area contributed by atoms with Crippen LogP contribution in [-0.4, -0.2) is 25.1 Å². The van der Waals surface area contributed by atoms with Gasteiger partial charge in [0.25, 0.3) is 5.69 Å². The summed E-state index contributed by atoms with van der Waals surface area (Å²) in [6, 6.07) is 16.9. The van der Waals surface area contributed by atoms with Crippen molar-refractivity contribution >= 4 is 17.1 Å². The smallest absolute Gasteiger partial charge is 0.292 e. The molecule has 0 saturated heterocycles. The van der Waals surface area contributed by atoms with E-state index in [2.05, 4.69) is 22.3 Å². The Morgan fingerprint density at radius 2 is 1.76 bits per heavy atom. The van der Waals surface area contributed by atoms with Crippen LogP contribution in [0.4, 0.5) is 17.1 Å². The number of hydrogen-bond acceptors (Lipinski definition) is 4. The van der Waals surface area contributed by atoms with Crippen molar-refractivity contribution in [1.29, 1.82) is 0 Å². The average molecular weight is 285 g/mol. The van der Waals surface area contributed by atoms with Gasteiger partial charge in [0.15, 0.2) is 0 Å². The van der Waals surface area contributed by atoms with Crippen LogP contribution in [0.1, 0.15) is 6.42 Å². The Morgan fingerprint density at radius 1 is 1.10 bits per heavy atom. The van der Waals surface area contributed by atoms with Gasteiger partial charge in [-0.2, -0.15) is 0 Å². The van der Waals surface area contributed by atoms with Gasteiger partial charge in [0.2, 0.25) is 0 Å². The fourth-order valence-electron chi connectivity index (χ4n) is 2.13. The van der Waals surface area contributed by atoms with Crippen molar-refractivity contribution in [3.8, 4) is 0 Å². The van der Waals surface area contributed by atoms with Crippen LogP contribution < -0.4 is 10.2 Å². The largest absolute Gasteiger partial charge is 0.379 e. The number of para-hydroxylation sites is 3. The first-order valence-electron chi connectivity index (χ1n) is 6.92. The van der Waals surface area contributed by atoms with E-state index < -0.39 is 0 Å². The molecule has 0 radical (unpaired) electrons. The van der Waals surface area contributed by atoms with Gasteiger partial charge in [-0.15, -0.1) is 0 Å². The van der Waals surface area contributed by atoms with E-state index in [0.717, 1.165) is 13.0 Å². The zero-order chi connectivity index (χ0) is 15.1. The summed E-state index contributed by atoms with van der Waals surface area (Å²) in [4.78, 5) is 12.7. The molecule has 5 heteroatoms. The first-order valence-corrected chi connectivity index (χ1v) is 6.92. The lowest BCUT2D eigenvalue weighted by atomic mass is 10.2. The molecule has 21 heavy (non-hydrogen) atoms. The van der Waals surface area contributed by atoms with Gasteiger partial charge in [0.05, 0.1) is 4.92 Å². The van der Waals surface area contributed by atoms with Crippen LogP contribution in [0, 0.1) is 10.1 Å². The number of nitro groups is 1. The predicted octanol–water partition coefficient (Wildman–Crippen LogP) is 3.53. The van der Waals surface area contributed by atoms with Crippen molar-refractivity contribution in [2.24, 2.45) is 0 Å². The summed E-state index contributed by atoms with van der Waals surface area (Å²) in [5.41, 5.74) is 1.86. The van der Waals surface area contributed by atoms with Crippen LogP contribution in [0.2, 0.25) is 0 Å². The van der Waals surface area contributed by atoms with E-state index in [0.29, 0.717) is 12.2 Å². The Morgan fingerprint density at radius 3 is 2.48 bits per heavy atom. The minimum Gasteiger partial charge on any atom is -0.379 e. The minimum absolute atomic E-state index is 0.119. The SMILES string of the molecule is CN(CCCNc1ccccc1[N+](=O)[O-])c1ccccc1. The molecule has 0 aliphatic heterocycles. The van der Waals surface area contributed by atoms with Gasteiger partial charge in [-0.1, -0.05) is 30.3 Å². The number of nitro benzene ring substituents is 1. The van der Waals surface area contributed by atoms with Crippen molar-refractivity contribution in [2.45, 2.75) is 6.42 Å². The minimum atomic E-state index is -0.363. The number of anilines is 2. The van der Waals surface area contributed by atoms with Crippen molar-refractivity contribution in [3.63, 3.8) is 0 Å². The summed E-state index contributed by atoms with van der Waals surface area (Å²) in [5.74, 6) is 0. The van der Waals surface area contributed by atoms with Gasteiger partial charge in [0, 0.05) is 31.9 Å². The number of nitrogens with one attached hydrogen (secondary N) is 1. The summed E-state index contributed by atoms with van der Waals surface area (Å²) in [5, 5.41) is 14.0. The third-order valence-electron chi connectivity index (χ3n) is 3.28. The number of hydrogen-bond donors (Lipinski definition) is 1. The number of nitrogens with zero attached hydrogens (tertiary/aromatic N) is 2. The Kier molecular flexibility index (Phi) is 5.15. The van der Waals surface area contributed by atoms with E-state index in [4.69, 9.17) is 0 Å². The van der Waals surface area contributed by atoms with Crippen molar-refractivity contribution < 1.29 is 4.92 Å². The third-order valence-corrected chi connectivity index (χ3v) is 3.28. The zero-order valence-corrected chi connectivity index (χ0v) is 12.0. The van der Waals surface area contributed by atoms with Crippen LogP contribution in [0.5, 0.6) is 0 Å². The van der Waals surface area contributed by atoms with Gasteiger partial charge in [-0.05, 0) is 24.6 Å². The van der Waals surface area contributed by atoms with Crippen molar-refractivity contribution in [2.75, 3.05) is 30.4 Å². The lowest BCUT2D eigenvalue weighted by Crippen LogP contribution is -2.20. The van der Waals surface area contributed by atoms with E-state index in [1.54, 1.807) is 18.2 Å². The molecular formula is C16H19N3O2. The second-order valence-electron chi connectivity index (χ2n) is 4.81. The zero-order valence-electron chi connectivity index (χ0n) is 12.0. The van der Waals surface area contributed by atoms with Gasteiger partial charge in [-0.25, -0.2) is 0 Å². The van der Waals surface area contributed by atoms with Gasteiger partial charge >= 0.3 is 0 Å². The van der Waals surface area contributed by atoms with Gasteiger partial charge in [-0.3, -0.25) is 10.1 Å². The molecule has 0 aromatic heterocycles. The first-order chi connectivity index (χ1) is 10.2. The highest BCUT2D eigenvalue weighted by Gasteiger charge is 2.11. The van der Waals surface area contributed by atoms with E-state index in [9.17, 15) is 10.1 Å². The molecule has 0 bridgehead atoms. The monoisotopic (exact) mass is 285 g/mol. The Balaban J connectivity index is 1.81. The van der Waals surface area contributed by atoms with Gasteiger partial charge < -0.3 is 10.2 Å². The van der Waals surface area contributed by atoms with Crippen LogP contribution in [0.25, 0.3) is 0 Å². The lowest BCUT2D eigenvalue weighted by Gasteiger charge is -2.19. The van der Waals surface area contributed by atoms with E-state index in [1.807, 2.05) is 25.2 Å². The topological polar surface area (TPSA) is 58.4 Å². The second kappa shape index (κ2) is 7.28. The highest BCUT2D eigenvalue weighted by atomic mass is 16.6. The Hall–Kier alpha value is -2.56. The van der Waals surface area contributed by atoms with E-state index >= 15 is 0 Å². The van der Waals surface area contributed by atoms with Crippen LogP contribution in [-0.2, 0) is 0 Å². The van der Waals surface area contributed by atoms with Gasteiger partial charge in [0.1, 0.15) is 5.69 Å². The third kappa shape index (κ3) is 4.21. The molecule has 0 aliphatic carbocycles. The molecule has 0 aliphatic rings. The number of benzene rings is 2. The molecule has 5 nitrogen and oxygen atoms in total. The summed E-state index contributed by atoms with van der Waals surface area (Å²) < 4.78 is 0. The van der Waals surface area contributed by atoms with Crippen molar-refractivity contribution in [1.82, 2.24) is 0 Å². The number of rotatable bonds is 7. The summed E-state index contributed by atoms with van der Waals surface area (Å²) in [6.45, 7) is 1.58. The fourth-order valence-corrected chi connectivity index (χ4v) is 2.13. The Labute approximate surface area is 124 Å². The second-order valence-corrected chi connectivity index (χ2v) is 4.81. The molecule has 0 fully saturated rings. The molecule has 0 amide bonds. The van der Waals surface area contributed by atoms with Crippen LogP contribution >= 0.6 is 0 Å². The molecule has 1 N–H and O–H groups in total. The normalized spacial score (nSPS) is 10.1.